The number of piperidine rings is 1. The molecule has 0 N–H and O–H groups in total. The first-order valence-corrected chi connectivity index (χ1v) is 8.71. The molecule has 2 saturated heterocycles. The van der Waals surface area contributed by atoms with Gasteiger partial charge in [0, 0.05) is 32.5 Å². The zero-order valence-electron chi connectivity index (χ0n) is 14.6. The van der Waals surface area contributed by atoms with Crippen molar-refractivity contribution in [2.45, 2.75) is 50.5 Å². The largest absolute Gasteiger partial charge is 0.340 e. The maximum Gasteiger partial charge on any atom is 0.240 e. The van der Waals surface area contributed by atoms with Gasteiger partial charge < -0.3 is 4.90 Å². The van der Waals surface area contributed by atoms with Crippen molar-refractivity contribution >= 4 is 17.7 Å². The van der Waals surface area contributed by atoms with Crippen molar-refractivity contribution in [3.05, 3.63) is 35.6 Å². The van der Waals surface area contributed by atoms with Crippen molar-refractivity contribution in [2.75, 3.05) is 13.6 Å². The molecule has 3 amide bonds. The number of nitrogens with zero attached hydrogens (tertiary/aromatic N) is 2. The topological polar surface area (TPSA) is 57.7 Å². The number of carbonyl (C=O) groups excluding carboxylic acids is 3. The summed E-state index contributed by atoms with van der Waals surface area (Å²) in [5.74, 6) is -1.40. The van der Waals surface area contributed by atoms with E-state index in [4.69, 9.17) is 0 Å². The van der Waals surface area contributed by atoms with Crippen LogP contribution in [0.2, 0.25) is 0 Å². The molecule has 0 radical (unpaired) electrons. The Balaban J connectivity index is 1.97. The van der Waals surface area contributed by atoms with E-state index in [1.165, 1.54) is 25.2 Å². The van der Waals surface area contributed by atoms with E-state index in [2.05, 4.69) is 0 Å². The Morgan fingerprint density at radius 1 is 1.32 bits per heavy atom. The molecule has 134 valence electrons. The molecule has 2 aliphatic heterocycles. The highest BCUT2D eigenvalue weighted by molar-refractivity contribution is 6.10. The van der Waals surface area contributed by atoms with Crippen molar-refractivity contribution in [1.82, 2.24) is 9.80 Å². The first kappa shape index (κ1) is 17.6. The molecule has 2 aliphatic rings. The summed E-state index contributed by atoms with van der Waals surface area (Å²) >= 11 is 0. The van der Waals surface area contributed by atoms with E-state index in [0.717, 1.165) is 24.2 Å². The van der Waals surface area contributed by atoms with Crippen LogP contribution in [0.1, 0.15) is 44.6 Å². The molecule has 5 nitrogen and oxygen atoms in total. The molecule has 0 aromatic heterocycles. The highest BCUT2D eigenvalue weighted by Crippen LogP contribution is 2.40. The minimum Gasteiger partial charge on any atom is -0.340 e. The highest BCUT2D eigenvalue weighted by atomic mass is 19.1. The lowest BCUT2D eigenvalue weighted by atomic mass is 9.75. The number of hydrogen-bond acceptors (Lipinski definition) is 3. The minimum atomic E-state index is -1.30. The molecule has 2 atom stereocenters. The van der Waals surface area contributed by atoms with Gasteiger partial charge in [-0.3, -0.25) is 19.3 Å². The zero-order valence-corrected chi connectivity index (χ0v) is 14.6. The van der Waals surface area contributed by atoms with Crippen LogP contribution >= 0.6 is 0 Å². The maximum absolute atomic E-state index is 13.8. The number of likely N-dealkylation sites (N-methyl/N-ethyl adjacent to an activating group) is 1. The second-order valence-corrected chi connectivity index (χ2v) is 7.14. The summed E-state index contributed by atoms with van der Waals surface area (Å²) in [6.07, 6.45) is 2.76. The third-order valence-corrected chi connectivity index (χ3v) is 5.49. The van der Waals surface area contributed by atoms with Crippen LogP contribution in [0, 0.1) is 5.82 Å². The quantitative estimate of drug-likeness (QED) is 0.789. The van der Waals surface area contributed by atoms with E-state index in [-0.39, 0.29) is 30.7 Å². The molecule has 1 aromatic carbocycles. The Labute approximate surface area is 146 Å². The van der Waals surface area contributed by atoms with Crippen molar-refractivity contribution in [2.24, 2.45) is 0 Å². The maximum atomic E-state index is 13.8. The molecule has 25 heavy (non-hydrogen) atoms. The summed E-state index contributed by atoms with van der Waals surface area (Å²) in [5, 5.41) is 0. The highest BCUT2D eigenvalue weighted by Gasteiger charge is 2.53. The van der Waals surface area contributed by atoms with E-state index < -0.39 is 17.1 Å². The van der Waals surface area contributed by atoms with Crippen LogP contribution in [0.15, 0.2) is 24.3 Å². The minimum absolute atomic E-state index is 0.0975. The molecule has 0 bridgehead atoms. The predicted molar refractivity (Wildman–Crippen MR) is 90.1 cm³/mol. The fraction of sp³-hybridized carbons (Fsp3) is 0.526. The summed E-state index contributed by atoms with van der Waals surface area (Å²) in [4.78, 5) is 40.8. The van der Waals surface area contributed by atoms with Crippen LogP contribution in [-0.4, -0.2) is 47.2 Å². The van der Waals surface area contributed by atoms with E-state index in [1.807, 2.05) is 6.92 Å². The summed E-state index contributed by atoms with van der Waals surface area (Å²) in [6, 6.07) is 5.81. The van der Waals surface area contributed by atoms with Gasteiger partial charge in [0.1, 0.15) is 5.82 Å². The molecule has 0 spiro atoms. The predicted octanol–water partition coefficient (Wildman–Crippen LogP) is 2.24. The van der Waals surface area contributed by atoms with E-state index in [1.54, 1.807) is 11.0 Å². The Morgan fingerprint density at radius 3 is 2.68 bits per heavy atom. The summed E-state index contributed by atoms with van der Waals surface area (Å²) in [7, 11) is 1.42. The zero-order chi connectivity index (χ0) is 18.2. The van der Waals surface area contributed by atoms with Crippen molar-refractivity contribution in [3.63, 3.8) is 0 Å². The Kier molecular flexibility index (Phi) is 4.62. The average molecular weight is 346 g/mol. The summed E-state index contributed by atoms with van der Waals surface area (Å²) in [6.45, 7) is 2.66. The number of benzene rings is 1. The number of hydrogen-bond donors (Lipinski definition) is 0. The van der Waals surface area contributed by atoms with Crippen LogP contribution in [0.5, 0.6) is 0 Å². The molecule has 2 unspecified atom stereocenters. The number of halogens is 1. The molecular formula is C19H23FN2O3. The molecular weight excluding hydrogens is 323 g/mol. The molecule has 1 aromatic rings. The van der Waals surface area contributed by atoms with E-state index >= 15 is 0 Å². The Bertz CT molecular complexity index is 720. The fourth-order valence-corrected chi connectivity index (χ4v) is 3.97. The molecule has 3 rings (SSSR count). The summed E-state index contributed by atoms with van der Waals surface area (Å²) in [5.41, 5.74) is -0.907. The molecule has 0 saturated carbocycles. The van der Waals surface area contributed by atoms with Gasteiger partial charge in [0.2, 0.25) is 17.7 Å². The second-order valence-electron chi connectivity index (χ2n) is 7.14. The standard InChI is InChI=1S/C19H23FN2O3/c1-13-6-3-4-9-22(13)17(24)12-19(11-16(23)21(2)18(19)25)14-7-5-8-15(20)10-14/h5,7-8,10,13H,3-4,6,9,11-12H2,1-2H3. The number of imide groups is 1. The van der Waals surface area contributed by atoms with Gasteiger partial charge in [0.15, 0.2) is 0 Å². The van der Waals surface area contributed by atoms with Gasteiger partial charge in [-0.15, -0.1) is 0 Å². The number of rotatable bonds is 3. The fourth-order valence-electron chi connectivity index (χ4n) is 3.97. The van der Waals surface area contributed by atoms with Crippen LogP contribution in [-0.2, 0) is 19.8 Å². The Hall–Kier alpha value is -2.24. The first-order chi connectivity index (χ1) is 11.8. The Morgan fingerprint density at radius 2 is 2.08 bits per heavy atom. The number of likely N-dealkylation sites (tertiary alicyclic amines) is 2. The van der Waals surface area contributed by atoms with Gasteiger partial charge in [0.25, 0.3) is 0 Å². The van der Waals surface area contributed by atoms with Crippen LogP contribution in [0.25, 0.3) is 0 Å². The number of carbonyl (C=O) groups is 3. The lowest BCUT2D eigenvalue weighted by Gasteiger charge is -2.36. The average Bonchev–Trinajstić information content (AvgIpc) is 2.80. The lowest BCUT2D eigenvalue weighted by molar-refractivity contribution is -0.142. The van der Waals surface area contributed by atoms with Crippen LogP contribution in [0.4, 0.5) is 4.39 Å². The molecule has 2 fully saturated rings. The van der Waals surface area contributed by atoms with Crippen molar-refractivity contribution < 1.29 is 18.8 Å². The first-order valence-electron chi connectivity index (χ1n) is 8.71. The third-order valence-electron chi connectivity index (χ3n) is 5.49. The van der Waals surface area contributed by atoms with Crippen molar-refractivity contribution in [3.8, 4) is 0 Å². The third kappa shape index (κ3) is 3.05. The monoisotopic (exact) mass is 346 g/mol. The molecule has 2 heterocycles. The van der Waals surface area contributed by atoms with Crippen LogP contribution in [0.3, 0.4) is 0 Å². The summed E-state index contributed by atoms with van der Waals surface area (Å²) < 4.78 is 13.8. The van der Waals surface area contributed by atoms with Gasteiger partial charge in [-0.25, -0.2) is 4.39 Å². The van der Waals surface area contributed by atoms with E-state index in [9.17, 15) is 18.8 Å². The van der Waals surface area contributed by atoms with Crippen LogP contribution < -0.4 is 0 Å². The normalized spacial score (nSPS) is 27.1. The van der Waals surface area contributed by atoms with Gasteiger partial charge >= 0.3 is 0 Å². The smallest absolute Gasteiger partial charge is 0.240 e. The second kappa shape index (κ2) is 6.58. The van der Waals surface area contributed by atoms with Gasteiger partial charge in [-0.2, -0.15) is 0 Å². The van der Waals surface area contributed by atoms with Gasteiger partial charge in [-0.1, -0.05) is 12.1 Å². The SMILES string of the molecule is CC1CCCCN1C(=O)CC1(c2cccc(F)c2)CC(=O)N(C)C1=O. The number of amides is 3. The molecule has 6 heteroatoms. The van der Waals surface area contributed by atoms with Crippen molar-refractivity contribution in [1.29, 1.82) is 0 Å². The van der Waals surface area contributed by atoms with E-state index in [0.29, 0.717) is 12.1 Å². The molecule has 0 aliphatic carbocycles. The van der Waals surface area contributed by atoms with Gasteiger partial charge in [-0.05, 0) is 43.9 Å². The lowest BCUT2D eigenvalue weighted by Crippen LogP contribution is -2.47. The van der Waals surface area contributed by atoms with Gasteiger partial charge in [0.05, 0.1) is 5.41 Å².